The SMILES string of the molecule is CCc1cccc2nc3cc(Cl)ccc3nc12. The zero-order chi connectivity index (χ0) is 11.8. The molecule has 0 fully saturated rings. The van der Waals surface area contributed by atoms with Gasteiger partial charge in [-0.2, -0.15) is 0 Å². The van der Waals surface area contributed by atoms with Crippen LogP contribution in [0.1, 0.15) is 12.5 Å². The average Bonchev–Trinajstić information content (AvgIpc) is 2.35. The maximum absolute atomic E-state index is 5.96. The Morgan fingerprint density at radius 2 is 1.88 bits per heavy atom. The number of para-hydroxylation sites is 1. The quantitative estimate of drug-likeness (QED) is 0.603. The minimum absolute atomic E-state index is 0.692. The average molecular weight is 243 g/mol. The fourth-order valence-electron chi connectivity index (χ4n) is 2.01. The van der Waals surface area contributed by atoms with Gasteiger partial charge in [0.1, 0.15) is 0 Å². The van der Waals surface area contributed by atoms with Crippen LogP contribution in [0.2, 0.25) is 5.02 Å². The largest absolute Gasteiger partial charge is 0.244 e. The summed E-state index contributed by atoms with van der Waals surface area (Å²) in [5, 5.41) is 0.692. The number of halogens is 1. The molecule has 0 N–H and O–H groups in total. The minimum atomic E-state index is 0.692. The summed E-state index contributed by atoms with van der Waals surface area (Å²) in [6, 6.07) is 11.7. The highest BCUT2D eigenvalue weighted by atomic mass is 35.5. The van der Waals surface area contributed by atoms with Crippen molar-refractivity contribution in [3.8, 4) is 0 Å². The van der Waals surface area contributed by atoms with E-state index in [1.54, 1.807) is 0 Å². The van der Waals surface area contributed by atoms with Crippen LogP contribution in [0, 0.1) is 0 Å². The highest BCUT2D eigenvalue weighted by Crippen LogP contribution is 2.21. The second-order valence-corrected chi connectivity index (χ2v) is 4.43. The summed E-state index contributed by atoms with van der Waals surface area (Å²) in [6.45, 7) is 2.13. The van der Waals surface area contributed by atoms with Gasteiger partial charge in [-0.25, -0.2) is 9.97 Å². The molecule has 0 aliphatic carbocycles. The Bertz CT molecular complexity index is 707. The first kappa shape index (κ1) is 10.5. The molecule has 1 heterocycles. The third-order valence-corrected chi connectivity index (χ3v) is 3.12. The molecule has 0 unspecified atom stereocenters. The maximum Gasteiger partial charge on any atom is 0.0926 e. The van der Waals surface area contributed by atoms with Crippen LogP contribution in [-0.4, -0.2) is 9.97 Å². The van der Waals surface area contributed by atoms with Crippen molar-refractivity contribution >= 4 is 33.7 Å². The van der Waals surface area contributed by atoms with E-state index in [4.69, 9.17) is 11.6 Å². The van der Waals surface area contributed by atoms with Crippen molar-refractivity contribution in [1.82, 2.24) is 9.97 Å². The molecule has 3 rings (SSSR count). The number of hydrogen-bond acceptors (Lipinski definition) is 2. The lowest BCUT2D eigenvalue weighted by atomic mass is 10.1. The molecule has 84 valence electrons. The summed E-state index contributed by atoms with van der Waals surface area (Å²) in [6.07, 6.45) is 0.963. The maximum atomic E-state index is 5.96. The van der Waals surface area contributed by atoms with Gasteiger partial charge in [0.05, 0.1) is 22.1 Å². The van der Waals surface area contributed by atoms with Crippen molar-refractivity contribution in [1.29, 1.82) is 0 Å². The number of aryl methyl sites for hydroxylation is 1. The van der Waals surface area contributed by atoms with E-state index in [1.165, 1.54) is 5.56 Å². The molecule has 0 aliphatic rings. The first-order valence-electron chi connectivity index (χ1n) is 5.63. The van der Waals surface area contributed by atoms with E-state index in [2.05, 4.69) is 23.0 Å². The number of fused-ring (bicyclic) bond motifs is 2. The summed E-state index contributed by atoms with van der Waals surface area (Å²) in [5.74, 6) is 0. The Hall–Kier alpha value is -1.67. The molecule has 0 saturated heterocycles. The van der Waals surface area contributed by atoms with Gasteiger partial charge < -0.3 is 0 Å². The lowest BCUT2D eigenvalue weighted by Gasteiger charge is -2.05. The lowest BCUT2D eigenvalue weighted by molar-refractivity contribution is 1.14. The third-order valence-electron chi connectivity index (χ3n) is 2.89. The van der Waals surface area contributed by atoms with Gasteiger partial charge in [-0.05, 0) is 36.2 Å². The van der Waals surface area contributed by atoms with Crippen LogP contribution in [0.15, 0.2) is 36.4 Å². The minimum Gasteiger partial charge on any atom is -0.244 e. The number of nitrogens with zero attached hydrogens (tertiary/aromatic N) is 2. The van der Waals surface area contributed by atoms with Crippen molar-refractivity contribution in [3.05, 3.63) is 47.0 Å². The predicted octanol–water partition coefficient (Wildman–Crippen LogP) is 4.00. The fraction of sp³-hybridized carbons (Fsp3) is 0.143. The van der Waals surface area contributed by atoms with Crippen molar-refractivity contribution in [2.45, 2.75) is 13.3 Å². The Kier molecular flexibility index (Phi) is 2.45. The molecule has 2 aromatic carbocycles. The van der Waals surface area contributed by atoms with Crippen LogP contribution in [0.5, 0.6) is 0 Å². The number of benzene rings is 2. The molecular weight excluding hydrogens is 232 g/mol. The zero-order valence-corrected chi connectivity index (χ0v) is 10.2. The smallest absolute Gasteiger partial charge is 0.0926 e. The Balaban J connectivity index is 2.43. The van der Waals surface area contributed by atoms with Crippen LogP contribution in [0.4, 0.5) is 0 Å². The Morgan fingerprint density at radius 3 is 2.71 bits per heavy atom. The molecule has 0 saturated carbocycles. The molecule has 0 bridgehead atoms. The molecule has 3 aromatic rings. The Morgan fingerprint density at radius 1 is 1.00 bits per heavy atom. The molecule has 3 heteroatoms. The summed E-state index contributed by atoms with van der Waals surface area (Å²) in [7, 11) is 0. The van der Waals surface area contributed by atoms with Gasteiger partial charge in [-0.3, -0.25) is 0 Å². The van der Waals surface area contributed by atoms with Gasteiger partial charge in [-0.15, -0.1) is 0 Å². The van der Waals surface area contributed by atoms with Gasteiger partial charge in [0.15, 0.2) is 0 Å². The Labute approximate surface area is 104 Å². The van der Waals surface area contributed by atoms with E-state index in [9.17, 15) is 0 Å². The molecule has 1 aromatic heterocycles. The second kappa shape index (κ2) is 3.97. The van der Waals surface area contributed by atoms with Crippen molar-refractivity contribution in [2.75, 3.05) is 0 Å². The highest BCUT2D eigenvalue weighted by molar-refractivity contribution is 6.31. The summed E-state index contributed by atoms with van der Waals surface area (Å²) in [4.78, 5) is 9.27. The molecule has 2 nitrogen and oxygen atoms in total. The molecular formula is C14H11ClN2. The molecule has 0 spiro atoms. The molecule has 0 aliphatic heterocycles. The van der Waals surface area contributed by atoms with Crippen LogP contribution in [0.3, 0.4) is 0 Å². The van der Waals surface area contributed by atoms with Crippen LogP contribution >= 0.6 is 11.6 Å². The van der Waals surface area contributed by atoms with Gasteiger partial charge in [0.2, 0.25) is 0 Å². The highest BCUT2D eigenvalue weighted by Gasteiger charge is 2.05. The van der Waals surface area contributed by atoms with E-state index in [0.717, 1.165) is 28.5 Å². The van der Waals surface area contributed by atoms with Gasteiger partial charge in [0, 0.05) is 5.02 Å². The lowest BCUT2D eigenvalue weighted by Crippen LogP contribution is -1.91. The fourth-order valence-corrected chi connectivity index (χ4v) is 2.18. The first-order valence-corrected chi connectivity index (χ1v) is 6.00. The van der Waals surface area contributed by atoms with E-state index in [-0.39, 0.29) is 0 Å². The van der Waals surface area contributed by atoms with Crippen LogP contribution in [-0.2, 0) is 6.42 Å². The normalized spacial score (nSPS) is 11.2. The van der Waals surface area contributed by atoms with Crippen molar-refractivity contribution in [3.63, 3.8) is 0 Å². The topological polar surface area (TPSA) is 25.8 Å². The van der Waals surface area contributed by atoms with E-state index in [1.807, 2.05) is 30.3 Å². The predicted molar refractivity (Wildman–Crippen MR) is 71.4 cm³/mol. The van der Waals surface area contributed by atoms with Crippen LogP contribution < -0.4 is 0 Å². The molecule has 0 radical (unpaired) electrons. The van der Waals surface area contributed by atoms with Gasteiger partial charge in [-0.1, -0.05) is 30.7 Å². The summed E-state index contributed by atoms with van der Waals surface area (Å²) in [5.41, 5.74) is 4.89. The zero-order valence-electron chi connectivity index (χ0n) is 9.44. The van der Waals surface area contributed by atoms with Crippen molar-refractivity contribution < 1.29 is 0 Å². The van der Waals surface area contributed by atoms with E-state index < -0.39 is 0 Å². The standard InChI is InChI=1S/C14H11ClN2/c1-2-9-4-3-5-12-14(9)17-11-7-6-10(15)8-13(11)16-12/h3-8H,2H2,1H3. The number of hydrogen-bond donors (Lipinski definition) is 0. The van der Waals surface area contributed by atoms with Crippen LogP contribution in [0.25, 0.3) is 22.1 Å². The molecule has 0 atom stereocenters. The monoisotopic (exact) mass is 242 g/mol. The van der Waals surface area contributed by atoms with Gasteiger partial charge >= 0.3 is 0 Å². The van der Waals surface area contributed by atoms with Crippen molar-refractivity contribution in [2.24, 2.45) is 0 Å². The first-order chi connectivity index (χ1) is 8.28. The summed E-state index contributed by atoms with van der Waals surface area (Å²) < 4.78 is 0. The summed E-state index contributed by atoms with van der Waals surface area (Å²) >= 11 is 5.96. The second-order valence-electron chi connectivity index (χ2n) is 4.00. The molecule has 17 heavy (non-hydrogen) atoms. The third kappa shape index (κ3) is 1.75. The van der Waals surface area contributed by atoms with E-state index in [0.29, 0.717) is 5.02 Å². The van der Waals surface area contributed by atoms with Gasteiger partial charge in [0.25, 0.3) is 0 Å². The number of aromatic nitrogens is 2. The molecule has 0 amide bonds. The van der Waals surface area contributed by atoms with E-state index >= 15 is 0 Å². The number of rotatable bonds is 1.